The lowest BCUT2D eigenvalue weighted by Gasteiger charge is -2.19. The number of aromatic amines is 1. The maximum Gasteiger partial charge on any atom is 0.293 e. The molecule has 20 heavy (non-hydrogen) atoms. The molecule has 1 saturated heterocycles. The van der Waals surface area contributed by atoms with Gasteiger partial charge in [0.25, 0.3) is 5.91 Å². The van der Waals surface area contributed by atoms with Crippen molar-refractivity contribution < 1.29 is 9.59 Å². The van der Waals surface area contributed by atoms with E-state index in [9.17, 15) is 9.59 Å². The van der Waals surface area contributed by atoms with Crippen LogP contribution in [0.4, 0.5) is 0 Å². The molecule has 8 heteroatoms. The third kappa shape index (κ3) is 3.53. The first kappa shape index (κ1) is 14.4. The molecule has 0 radical (unpaired) electrons. The molecule has 0 bridgehead atoms. The molecule has 1 fully saturated rings. The number of aromatic nitrogens is 3. The van der Waals surface area contributed by atoms with Crippen molar-refractivity contribution in [3.05, 3.63) is 11.6 Å². The molecule has 0 unspecified atom stereocenters. The number of nitrogens with two attached hydrogens (primary N) is 1. The molecule has 1 aliphatic rings. The largest absolute Gasteiger partial charge is 0.369 e. The number of primary amides is 1. The fourth-order valence-electron chi connectivity index (χ4n) is 2.24. The molecule has 1 aromatic heterocycles. The van der Waals surface area contributed by atoms with Gasteiger partial charge in [0.1, 0.15) is 5.82 Å². The Hall–Kier alpha value is -1.96. The SMILES string of the molecule is CCc1nc(C(=O)N2CCCN(CC(N)=O)CC2)n[nH]1. The average molecular weight is 280 g/mol. The van der Waals surface area contributed by atoms with Gasteiger partial charge in [-0.15, -0.1) is 5.10 Å². The molecule has 0 aromatic carbocycles. The summed E-state index contributed by atoms with van der Waals surface area (Å²) < 4.78 is 0. The Balaban J connectivity index is 1.95. The molecule has 2 heterocycles. The minimum Gasteiger partial charge on any atom is -0.369 e. The number of carbonyl (C=O) groups is 2. The lowest BCUT2D eigenvalue weighted by Crippen LogP contribution is -2.38. The molecule has 0 aliphatic carbocycles. The molecule has 0 atom stereocenters. The van der Waals surface area contributed by atoms with E-state index in [-0.39, 0.29) is 24.2 Å². The molecule has 2 rings (SSSR count). The van der Waals surface area contributed by atoms with Gasteiger partial charge < -0.3 is 10.6 Å². The summed E-state index contributed by atoms with van der Waals surface area (Å²) in [7, 11) is 0. The van der Waals surface area contributed by atoms with E-state index in [4.69, 9.17) is 5.73 Å². The van der Waals surface area contributed by atoms with Gasteiger partial charge in [0.15, 0.2) is 0 Å². The van der Waals surface area contributed by atoms with Gasteiger partial charge >= 0.3 is 0 Å². The second-order valence-corrected chi connectivity index (χ2v) is 4.85. The third-order valence-corrected chi connectivity index (χ3v) is 3.31. The average Bonchev–Trinajstić information content (AvgIpc) is 2.78. The molecular weight excluding hydrogens is 260 g/mol. The molecule has 2 amide bonds. The lowest BCUT2D eigenvalue weighted by molar-refractivity contribution is -0.119. The topological polar surface area (TPSA) is 108 Å². The number of H-pyrrole nitrogens is 1. The highest BCUT2D eigenvalue weighted by Crippen LogP contribution is 2.06. The Bertz CT molecular complexity index is 486. The molecule has 8 nitrogen and oxygen atoms in total. The van der Waals surface area contributed by atoms with Crippen LogP contribution in [0.15, 0.2) is 0 Å². The number of hydrogen-bond acceptors (Lipinski definition) is 5. The molecule has 1 aromatic rings. The van der Waals surface area contributed by atoms with Crippen molar-refractivity contribution >= 4 is 11.8 Å². The van der Waals surface area contributed by atoms with Crippen molar-refractivity contribution in [3.63, 3.8) is 0 Å². The van der Waals surface area contributed by atoms with Crippen molar-refractivity contribution in [1.82, 2.24) is 25.0 Å². The van der Waals surface area contributed by atoms with E-state index in [1.807, 2.05) is 11.8 Å². The van der Waals surface area contributed by atoms with Gasteiger partial charge in [-0.2, -0.15) is 0 Å². The Morgan fingerprint density at radius 1 is 1.30 bits per heavy atom. The minimum atomic E-state index is -0.341. The highest BCUT2D eigenvalue weighted by atomic mass is 16.2. The third-order valence-electron chi connectivity index (χ3n) is 3.31. The van der Waals surface area contributed by atoms with Crippen molar-refractivity contribution in [2.24, 2.45) is 5.73 Å². The fourth-order valence-corrected chi connectivity index (χ4v) is 2.24. The highest BCUT2D eigenvalue weighted by Gasteiger charge is 2.23. The summed E-state index contributed by atoms with van der Waals surface area (Å²) in [5.74, 6) is 0.414. The number of nitrogens with one attached hydrogen (secondary N) is 1. The van der Waals surface area contributed by atoms with Crippen LogP contribution >= 0.6 is 0 Å². The zero-order valence-electron chi connectivity index (χ0n) is 11.6. The summed E-state index contributed by atoms with van der Waals surface area (Å²) in [4.78, 5) is 31.1. The first-order valence-corrected chi connectivity index (χ1v) is 6.81. The molecule has 0 spiro atoms. The van der Waals surface area contributed by atoms with Gasteiger partial charge in [0.2, 0.25) is 11.7 Å². The Kier molecular flexibility index (Phi) is 4.67. The van der Waals surface area contributed by atoms with Crippen molar-refractivity contribution in [3.8, 4) is 0 Å². The zero-order valence-corrected chi connectivity index (χ0v) is 11.6. The Labute approximate surface area is 117 Å². The van der Waals surface area contributed by atoms with E-state index in [1.165, 1.54) is 0 Å². The summed E-state index contributed by atoms with van der Waals surface area (Å²) in [5, 5.41) is 6.69. The summed E-state index contributed by atoms with van der Waals surface area (Å²) in [6, 6.07) is 0. The van der Waals surface area contributed by atoms with Crippen molar-refractivity contribution in [2.45, 2.75) is 19.8 Å². The maximum absolute atomic E-state index is 12.3. The number of carbonyl (C=O) groups excluding carboxylic acids is 2. The predicted octanol–water partition coefficient (Wildman–Crippen LogP) is -1.000. The summed E-state index contributed by atoms with van der Waals surface area (Å²) in [5.41, 5.74) is 5.19. The number of nitrogens with zero attached hydrogens (tertiary/aromatic N) is 4. The maximum atomic E-state index is 12.3. The standard InChI is InChI=1S/C12H20N6O2/c1-2-10-14-11(16-15-10)12(20)18-5-3-4-17(6-7-18)8-9(13)19/h2-8H2,1H3,(H2,13,19)(H,14,15,16). The first-order valence-electron chi connectivity index (χ1n) is 6.81. The van der Waals surface area contributed by atoms with Crippen LogP contribution in [0.25, 0.3) is 0 Å². The highest BCUT2D eigenvalue weighted by molar-refractivity contribution is 5.90. The van der Waals surface area contributed by atoms with Crippen LogP contribution in [0.1, 0.15) is 29.8 Å². The van der Waals surface area contributed by atoms with E-state index in [2.05, 4.69) is 15.2 Å². The molecule has 1 aliphatic heterocycles. The van der Waals surface area contributed by atoms with Gasteiger partial charge in [-0.25, -0.2) is 4.98 Å². The van der Waals surface area contributed by atoms with Crippen LogP contribution in [0.3, 0.4) is 0 Å². The van der Waals surface area contributed by atoms with Gasteiger partial charge in [-0.3, -0.25) is 19.6 Å². The quantitative estimate of drug-likeness (QED) is 0.735. The van der Waals surface area contributed by atoms with Gasteiger partial charge in [-0.1, -0.05) is 6.92 Å². The van der Waals surface area contributed by atoms with Crippen molar-refractivity contribution in [1.29, 1.82) is 0 Å². The summed E-state index contributed by atoms with van der Waals surface area (Å²) in [6.07, 6.45) is 1.52. The van der Waals surface area contributed by atoms with Crippen LogP contribution in [0.5, 0.6) is 0 Å². The van der Waals surface area contributed by atoms with Gasteiger partial charge in [0, 0.05) is 32.6 Å². The Morgan fingerprint density at radius 2 is 2.10 bits per heavy atom. The van der Waals surface area contributed by atoms with E-state index in [0.29, 0.717) is 31.9 Å². The molecule has 110 valence electrons. The van der Waals surface area contributed by atoms with E-state index in [0.717, 1.165) is 13.0 Å². The molecular formula is C12H20N6O2. The molecule has 0 saturated carbocycles. The lowest BCUT2D eigenvalue weighted by atomic mass is 10.3. The zero-order chi connectivity index (χ0) is 14.5. The van der Waals surface area contributed by atoms with Crippen LogP contribution < -0.4 is 5.73 Å². The van der Waals surface area contributed by atoms with E-state index < -0.39 is 0 Å². The summed E-state index contributed by atoms with van der Waals surface area (Å²) in [6.45, 7) is 4.79. The predicted molar refractivity (Wildman–Crippen MR) is 71.9 cm³/mol. The minimum absolute atomic E-state index is 0.165. The van der Waals surface area contributed by atoms with Gasteiger partial charge in [-0.05, 0) is 6.42 Å². The van der Waals surface area contributed by atoms with Crippen LogP contribution in [0.2, 0.25) is 0 Å². The Morgan fingerprint density at radius 3 is 2.75 bits per heavy atom. The van der Waals surface area contributed by atoms with Crippen LogP contribution in [0, 0.1) is 0 Å². The first-order chi connectivity index (χ1) is 9.60. The monoisotopic (exact) mass is 280 g/mol. The van der Waals surface area contributed by atoms with E-state index >= 15 is 0 Å². The molecule has 3 N–H and O–H groups in total. The van der Waals surface area contributed by atoms with Crippen LogP contribution in [-0.2, 0) is 11.2 Å². The van der Waals surface area contributed by atoms with Crippen LogP contribution in [-0.4, -0.2) is 69.5 Å². The number of rotatable bonds is 4. The fraction of sp³-hybridized carbons (Fsp3) is 0.667. The second kappa shape index (κ2) is 6.47. The van der Waals surface area contributed by atoms with Gasteiger partial charge in [0.05, 0.1) is 6.54 Å². The second-order valence-electron chi connectivity index (χ2n) is 4.85. The normalized spacial score (nSPS) is 16.9. The smallest absolute Gasteiger partial charge is 0.293 e. The van der Waals surface area contributed by atoms with E-state index in [1.54, 1.807) is 4.90 Å². The number of amides is 2. The number of aryl methyl sites for hydroxylation is 1. The van der Waals surface area contributed by atoms with Crippen molar-refractivity contribution in [2.75, 3.05) is 32.7 Å². The number of hydrogen-bond donors (Lipinski definition) is 2. The summed E-state index contributed by atoms with van der Waals surface area (Å²) >= 11 is 0.